The number of methoxy groups -OCH3 is 2. The predicted octanol–water partition coefficient (Wildman–Crippen LogP) is 2.57. The van der Waals surface area contributed by atoms with Crippen LogP contribution in [0.1, 0.15) is 5.56 Å². The minimum Gasteiger partial charge on any atom is -0.493 e. The molecule has 1 aromatic carbocycles. The lowest BCUT2D eigenvalue weighted by Gasteiger charge is -2.15. The van der Waals surface area contributed by atoms with Gasteiger partial charge in [0, 0.05) is 27.2 Å². The number of rotatable bonds is 8. The van der Waals surface area contributed by atoms with Crippen LogP contribution >= 0.6 is 24.0 Å². The molecule has 2 N–H and O–H groups in total. The van der Waals surface area contributed by atoms with E-state index in [1.54, 1.807) is 26.3 Å². The number of alkyl halides is 3. The highest BCUT2D eigenvalue weighted by Crippen LogP contribution is 2.29. The molecule has 0 aliphatic rings. The van der Waals surface area contributed by atoms with Crippen molar-refractivity contribution in [3.05, 3.63) is 23.8 Å². The van der Waals surface area contributed by atoms with E-state index in [2.05, 4.69) is 15.6 Å². The summed E-state index contributed by atoms with van der Waals surface area (Å²) in [6.45, 7) is 0.197. The summed E-state index contributed by atoms with van der Waals surface area (Å²) < 4.78 is 51.4. The van der Waals surface area contributed by atoms with Crippen molar-refractivity contribution in [1.29, 1.82) is 0 Å². The van der Waals surface area contributed by atoms with E-state index in [9.17, 15) is 13.2 Å². The molecule has 0 aliphatic heterocycles. The van der Waals surface area contributed by atoms with Crippen LogP contribution in [0.25, 0.3) is 0 Å². The van der Waals surface area contributed by atoms with Crippen molar-refractivity contribution in [3.63, 3.8) is 0 Å². The molecule has 6 nitrogen and oxygen atoms in total. The molecule has 1 aromatic rings. The number of aliphatic imine (C=N–C) groups is 1. The summed E-state index contributed by atoms with van der Waals surface area (Å²) in [4.78, 5) is 4.05. The molecule has 1 rings (SSSR count). The van der Waals surface area contributed by atoms with Gasteiger partial charge in [-0.1, -0.05) is 6.07 Å². The van der Waals surface area contributed by atoms with Crippen LogP contribution in [0.4, 0.5) is 13.2 Å². The van der Waals surface area contributed by atoms with Gasteiger partial charge < -0.3 is 24.8 Å². The maximum absolute atomic E-state index is 12.2. The average Bonchev–Trinajstić information content (AvgIpc) is 2.55. The molecule has 0 fully saturated rings. The molecule has 0 aromatic heterocycles. The molecular weight excluding hydrogens is 454 g/mol. The zero-order valence-electron chi connectivity index (χ0n) is 14.3. The molecule has 0 saturated carbocycles. The van der Waals surface area contributed by atoms with Crippen molar-refractivity contribution in [2.24, 2.45) is 4.99 Å². The van der Waals surface area contributed by atoms with E-state index < -0.39 is 12.8 Å². The summed E-state index contributed by atoms with van der Waals surface area (Å²) in [5, 5.41) is 6.13. The number of guanidine groups is 1. The molecule has 0 saturated heterocycles. The van der Waals surface area contributed by atoms with Crippen molar-refractivity contribution in [3.8, 4) is 11.5 Å². The number of ether oxygens (including phenoxy) is 3. The fourth-order valence-electron chi connectivity index (χ4n) is 1.78. The number of hydrogen-bond donors (Lipinski definition) is 2. The second kappa shape index (κ2) is 12.0. The van der Waals surface area contributed by atoms with Gasteiger partial charge in [-0.3, -0.25) is 4.99 Å². The normalized spacial score (nSPS) is 11.5. The van der Waals surface area contributed by atoms with Crippen molar-refractivity contribution in [2.45, 2.75) is 12.7 Å². The zero-order chi connectivity index (χ0) is 18.0. The lowest BCUT2D eigenvalue weighted by Crippen LogP contribution is -2.38. The Morgan fingerprint density at radius 3 is 2.44 bits per heavy atom. The number of benzene rings is 1. The minimum absolute atomic E-state index is 0. The van der Waals surface area contributed by atoms with E-state index in [0.29, 0.717) is 25.7 Å². The van der Waals surface area contributed by atoms with Gasteiger partial charge in [0.2, 0.25) is 0 Å². The summed E-state index contributed by atoms with van der Waals surface area (Å²) in [5.41, 5.74) is 0.806. The van der Waals surface area contributed by atoms with E-state index >= 15 is 0 Å². The van der Waals surface area contributed by atoms with Crippen LogP contribution in [-0.4, -0.2) is 53.2 Å². The van der Waals surface area contributed by atoms with Gasteiger partial charge in [0.05, 0.1) is 13.7 Å². The number of halogens is 4. The van der Waals surface area contributed by atoms with Crippen LogP contribution < -0.4 is 20.1 Å². The summed E-state index contributed by atoms with van der Waals surface area (Å²) in [6.07, 6.45) is -4.40. The van der Waals surface area contributed by atoms with Gasteiger partial charge in [-0.05, 0) is 17.7 Å². The molecule has 0 spiro atoms. The number of hydrogen-bond acceptors (Lipinski definition) is 4. The Bertz CT molecular complexity index is 542. The highest BCUT2D eigenvalue weighted by atomic mass is 127. The highest BCUT2D eigenvalue weighted by Gasteiger charge is 2.29. The Labute approximate surface area is 162 Å². The Morgan fingerprint density at radius 2 is 1.88 bits per heavy atom. The first-order valence-corrected chi connectivity index (χ1v) is 7.19. The Morgan fingerprint density at radius 1 is 1.16 bits per heavy atom. The van der Waals surface area contributed by atoms with E-state index in [1.807, 2.05) is 0 Å². The number of nitrogens with one attached hydrogen (secondary N) is 2. The van der Waals surface area contributed by atoms with Gasteiger partial charge in [0.15, 0.2) is 24.1 Å². The largest absolute Gasteiger partial charge is 0.493 e. The fourth-order valence-corrected chi connectivity index (χ4v) is 1.78. The summed E-state index contributed by atoms with van der Waals surface area (Å²) in [5.74, 6) is 0.866. The third-order valence-electron chi connectivity index (χ3n) is 2.90. The lowest BCUT2D eigenvalue weighted by atomic mass is 10.2. The first-order chi connectivity index (χ1) is 11.4. The Balaban J connectivity index is 0.00000576. The van der Waals surface area contributed by atoms with Gasteiger partial charge in [0.25, 0.3) is 0 Å². The van der Waals surface area contributed by atoms with Crippen molar-refractivity contribution < 1.29 is 27.4 Å². The second-order valence-electron chi connectivity index (χ2n) is 4.73. The predicted molar refractivity (Wildman–Crippen MR) is 100 cm³/mol. The first-order valence-electron chi connectivity index (χ1n) is 7.19. The molecule has 0 radical (unpaired) electrons. The highest BCUT2D eigenvalue weighted by molar-refractivity contribution is 14.0. The van der Waals surface area contributed by atoms with Crippen LogP contribution in [0.15, 0.2) is 23.2 Å². The van der Waals surface area contributed by atoms with Crippen LogP contribution in [0.2, 0.25) is 0 Å². The lowest BCUT2D eigenvalue weighted by molar-refractivity contribution is -0.153. The molecular formula is C15H23F3IN3O3. The summed E-state index contributed by atoms with van der Waals surface area (Å²) in [6, 6.07) is 4.72. The van der Waals surface area contributed by atoms with Gasteiger partial charge >= 0.3 is 6.18 Å². The van der Waals surface area contributed by atoms with Gasteiger partial charge in [-0.25, -0.2) is 0 Å². The van der Waals surface area contributed by atoms with Crippen LogP contribution in [-0.2, 0) is 11.3 Å². The molecule has 0 aliphatic carbocycles. The SMILES string of the molecule is CN=C(NCCOC)NCc1ccc(OCC(F)(F)F)c(OC)c1.I. The monoisotopic (exact) mass is 477 g/mol. The maximum Gasteiger partial charge on any atom is 0.422 e. The van der Waals surface area contributed by atoms with E-state index in [1.165, 1.54) is 13.2 Å². The summed E-state index contributed by atoms with van der Waals surface area (Å²) >= 11 is 0. The third-order valence-corrected chi connectivity index (χ3v) is 2.90. The first kappa shape index (κ1) is 23.6. The van der Waals surface area contributed by atoms with Gasteiger partial charge in [0.1, 0.15) is 0 Å². The van der Waals surface area contributed by atoms with Crippen molar-refractivity contribution in [2.75, 3.05) is 41.0 Å². The van der Waals surface area contributed by atoms with Crippen LogP contribution in [0.3, 0.4) is 0 Å². The van der Waals surface area contributed by atoms with Gasteiger partial charge in [-0.2, -0.15) is 13.2 Å². The zero-order valence-corrected chi connectivity index (χ0v) is 16.6. The smallest absolute Gasteiger partial charge is 0.422 e. The molecule has 0 heterocycles. The Kier molecular flexibility index (Phi) is 11.3. The topological polar surface area (TPSA) is 64.1 Å². The van der Waals surface area contributed by atoms with Crippen LogP contribution in [0, 0.1) is 0 Å². The van der Waals surface area contributed by atoms with Crippen LogP contribution in [0.5, 0.6) is 11.5 Å². The van der Waals surface area contributed by atoms with E-state index in [-0.39, 0.29) is 35.5 Å². The molecule has 0 bridgehead atoms. The average molecular weight is 477 g/mol. The molecule has 144 valence electrons. The second-order valence-corrected chi connectivity index (χ2v) is 4.73. The third kappa shape index (κ3) is 9.58. The molecule has 25 heavy (non-hydrogen) atoms. The summed E-state index contributed by atoms with van der Waals surface area (Å²) in [7, 11) is 4.61. The fraction of sp³-hybridized carbons (Fsp3) is 0.533. The standard InChI is InChI=1S/C15H22F3N3O3.HI/c1-19-14(20-6-7-22-2)21-9-11-4-5-12(13(8-11)23-3)24-10-15(16,17)18;/h4-5,8H,6-7,9-10H2,1-3H3,(H2,19,20,21);1H. The quantitative estimate of drug-likeness (QED) is 0.261. The van der Waals surface area contributed by atoms with Crippen molar-refractivity contribution >= 4 is 29.9 Å². The van der Waals surface area contributed by atoms with Crippen molar-refractivity contribution in [1.82, 2.24) is 10.6 Å². The van der Waals surface area contributed by atoms with Gasteiger partial charge in [-0.15, -0.1) is 24.0 Å². The van der Waals surface area contributed by atoms with E-state index in [0.717, 1.165) is 5.56 Å². The molecule has 10 heteroatoms. The maximum atomic E-state index is 12.2. The number of nitrogens with zero attached hydrogens (tertiary/aromatic N) is 1. The molecule has 0 unspecified atom stereocenters. The Hall–Kier alpha value is -1.43. The van der Waals surface area contributed by atoms with E-state index in [4.69, 9.17) is 14.2 Å². The molecule has 0 atom stereocenters. The minimum atomic E-state index is -4.40. The molecule has 0 amide bonds.